The Hall–Kier alpha value is -1.91. The van der Waals surface area contributed by atoms with E-state index in [0.29, 0.717) is 27.0 Å². The van der Waals surface area contributed by atoms with Gasteiger partial charge in [-0.05, 0) is 36.4 Å². The molecule has 104 valence electrons. The molecule has 4 nitrogen and oxygen atoms in total. The van der Waals surface area contributed by atoms with Crippen LogP contribution in [0.25, 0.3) is 0 Å². The summed E-state index contributed by atoms with van der Waals surface area (Å²) in [5.74, 6) is -0.257. The highest BCUT2D eigenvalue weighted by atomic mass is 35.5. The van der Waals surface area contributed by atoms with Gasteiger partial charge in [0, 0.05) is 21.3 Å². The quantitative estimate of drug-likeness (QED) is 0.851. The molecule has 4 N–H and O–H groups in total. The third kappa shape index (κ3) is 3.35. The van der Waals surface area contributed by atoms with Crippen molar-refractivity contribution in [2.24, 2.45) is 5.73 Å². The zero-order valence-electron chi connectivity index (χ0n) is 10.4. The number of rotatable bonds is 4. The number of hydrogen-bond acceptors (Lipinski definition) is 3. The smallest absolute Gasteiger partial charge is 0.252 e. The number of amides is 1. The fraction of sp³-hybridized carbons (Fsp3) is 0.0714. The summed E-state index contributed by atoms with van der Waals surface area (Å²) in [6.45, 7) is 0.170. The standard InChI is InChI=1S/C14H12Cl2N2O2/c15-9-1-3-12(16)8(5-9)7-20-13-4-2-10(17)6-11(13)14(18)19/h1-6H,7,17H2,(H2,18,19). The molecule has 1 amide bonds. The Kier molecular flexibility index (Phi) is 4.37. The van der Waals surface area contributed by atoms with E-state index in [1.807, 2.05) is 0 Å². The van der Waals surface area contributed by atoms with Crippen molar-refractivity contribution in [3.05, 3.63) is 57.6 Å². The van der Waals surface area contributed by atoms with Gasteiger partial charge in [0.25, 0.3) is 5.91 Å². The van der Waals surface area contributed by atoms with Crippen molar-refractivity contribution in [2.75, 3.05) is 5.73 Å². The highest BCUT2D eigenvalue weighted by Gasteiger charge is 2.11. The Morgan fingerprint density at radius 1 is 1.15 bits per heavy atom. The number of nitrogen functional groups attached to an aromatic ring is 1. The third-order valence-corrected chi connectivity index (χ3v) is 3.26. The zero-order chi connectivity index (χ0) is 14.7. The first kappa shape index (κ1) is 14.5. The summed E-state index contributed by atoms with van der Waals surface area (Å²) in [7, 11) is 0. The van der Waals surface area contributed by atoms with Gasteiger partial charge in [0.15, 0.2) is 0 Å². The third-order valence-electron chi connectivity index (χ3n) is 2.66. The molecule has 0 heterocycles. The van der Waals surface area contributed by atoms with Crippen molar-refractivity contribution >= 4 is 34.8 Å². The summed E-state index contributed by atoms with van der Waals surface area (Å²) in [5, 5.41) is 1.09. The predicted octanol–water partition coefficient (Wildman–Crippen LogP) is 3.25. The van der Waals surface area contributed by atoms with Crippen LogP contribution in [0.1, 0.15) is 15.9 Å². The van der Waals surface area contributed by atoms with E-state index < -0.39 is 5.91 Å². The number of hydrogen-bond donors (Lipinski definition) is 2. The number of benzene rings is 2. The fourth-order valence-corrected chi connectivity index (χ4v) is 2.04. The van der Waals surface area contributed by atoms with Crippen LogP contribution in [0.2, 0.25) is 10.0 Å². The van der Waals surface area contributed by atoms with Crippen LogP contribution in [0.3, 0.4) is 0 Å². The van der Waals surface area contributed by atoms with Crippen molar-refractivity contribution in [1.29, 1.82) is 0 Å². The number of ether oxygens (including phenoxy) is 1. The molecule has 0 spiro atoms. The van der Waals surface area contributed by atoms with E-state index in [2.05, 4.69) is 0 Å². The van der Waals surface area contributed by atoms with Crippen LogP contribution in [0.4, 0.5) is 5.69 Å². The molecule has 2 aromatic carbocycles. The predicted molar refractivity (Wildman–Crippen MR) is 80.2 cm³/mol. The number of primary amides is 1. The molecule has 0 radical (unpaired) electrons. The molecule has 20 heavy (non-hydrogen) atoms. The van der Waals surface area contributed by atoms with Gasteiger partial charge in [0.1, 0.15) is 12.4 Å². The van der Waals surface area contributed by atoms with Crippen molar-refractivity contribution < 1.29 is 9.53 Å². The van der Waals surface area contributed by atoms with Crippen LogP contribution in [-0.4, -0.2) is 5.91 Å². The maximum Gasteiger partial charge on any atom is 0.252 e. The molecule has 2 aromatic rings. The van der Waals surface area contributed by atoms with Crippen LogP contribution < -0.4 is 16.2 Å². The SMILES string of the molecule is NC(=O)c1cc(N)ccc1OCc1cc(Cl)ccc1Cl. The number of anilines is 1. The van der Waals surface area contributed by atoms with Crippen LogP contribution in [0, 0.1) is 0 Å². The van der Waals surface area contributed by atoms with Crippen LogP contribution >= 0.6 is 23.2 Å². The van der Waals surface area contributed by atoms with Gasteiger partial charge in [-0.25, -0.2) is 0 Å². The van der Waals surface area contributed by atoms with E-state index in [1.165, 1.54) is 6.07 Å². The lowest BCUT2D eigenvalue weighted by molar-refractivity contribution is 0.0996. The number of carbonyl (C=O) groups is 1. The second kappa shape index (κ2) is 6.03. The molecular formula is C14H12Cl2N2O2. The minimum atomic E-state index is -0.607. The number of halogens is 2. The highest BCUT2D eigenvalue weighted by Crippen LogP contribution is 2.25. The molecule has 0 atom stereocenters. The normalized spacial score (nSPS) is 10.3. The second-order valence-corrected chi connectivity index (χ2v) is 4.99. The summed E-state index contributed by atoms with van der Waals surface area (Å²) < 4.78 is 5.58. The zero-order valence-corrected chi connectivity index (χ0v) is 11.9. The molecule has 2 rings (SSSR count). The van der Waals surface area contributed by atoms with Gasteiger partial charge >= 0.3 is 0 Å². The van der Waals surface area contributed by atoms with Crippen molar-refractivity contribution in [1.82, 2.24) is 0 Å². The largest absolute Gasteiger partial charge is 0.488 e. The van der Waals surface area contributed by atoms with E-state index >= 15 is 0 Å². The van der Waals surface area contributed by atoms with Gasteiger partial charge in [0.2, 0.25) is 0 Å². The van der Waals surface area contributed by atoms with E-state index in [1.54, 1.807) is 30.3 Å². The lowest BCUT2D eigenvalue weighted by atomic mass is 10.1. The van der Waals surface area contributed by atoms with E-state index in [0.717, 1.165) is 0 Å². The summed E-state index contributed by atoms with van der Waals surface area (Å²) in [6.07, 6.45) is 0. The molecule has 0 bridgehead atoms. The maximum atomic E-state index is 11.3. The van der Waals surface area contributed by atoms with Gasteiger partial charge < -0.3 is 16.2 Å². The van der Waals surface area contributed by atoms with E-state index in [9.17, 15) is 4.79 Å². The maximum absolute atomic E-state index is 11.3. The first-order chi connectivity index (χ1) is 9.47. The van der Waals surface area contributed by atoms with Gasteiger partial charge in [-0.1, -0.05) is 23.2 Å². The Morgan fingerprint density at radius 2 is 1.90 bits per heavy atom. The topological polar surface area (TPSA) is 78.3 Å². The fourth-order valence-electron chi connectivity index (χ4n) is 1.68. The minimum Gasteiger partial charge on any atom is -0.488 e. The van der Waals surface area contributed by atoms with Crippen molar-refractivity contribution in [2.45, 2.75) is 6.61 Å². The Balaban J connectivity index is 2.23. The van der Waals surface area contributed by atoms with Gasteiger partial charge in [-0.3, -0.25) is 4.79 Å². The van der Waals surface area contributed by atoms with E-state index in [4.69, 9.17) is 39.4 Å². The van der Waals surface area contributed by atoms with Crippen molar-refractivity contribution in [3.63, 3.8) is 0 Å². The highest BCUT2D eigenvalue weighted by molar-refractivity contribution is 6.33. The summed E-state index contributed by atoms with van der Waals surface area (Å²) in [4.78, 5) is 11.3. The molecule has 6 heteroatoms. The first-order valence-electron chi connectivity index (χ1n) is 5.73. The van der Waals surface area contributed by atoms with Crippen LogP contribution in [-0.2, 0) is 6.61 Å². The number of nitrogens with two attached hydrogens (primary N) is 2. The minimum absolute atomic E-state index is 0.170. The Bertz CT molecular complexity index is 660. The molecule has 0 fully saturated rings. The Morgan fingerprint density at radius 3 is 2.60 bits per heavy atom. The Labute approximate surface area is 126 Å². The summed E-state index contributed by atoms with van der Waals surface area (Å²) in [6, 6.07) is 9.75. The number of carbonyl (C=O) groups excluding carboxylic acids is 1. The molecule has 0 aliphatic rings. The van der Waals surface area contributed by atoms with E-state index in [-0.39, 0.29) is 12.2 Å². The first-order valence-corrected chi connectivity index (χ1v) is 6.49. The average Bonchev–Trinajstić information content (AvgIpc) is 2.40. The van der Waals surface area contributed by atoms with Crippen LogP contribution in [0.5, 0.6) is 5.75 Å². The average molecular weight is 311 g/mol. The molecule has 0 saturated heterocycles. The summed E-state index contributed by atoms with van der Waals surface area (Å²) >= 11 is 11.9. The monoisotopic (exact) mass is 310 g/mol. The molecule has 0 saturated carbocycles. The lowest BCUT2D eigenvalue weighted by Gasteiger charge is -2.11. The van der Waals surface area contributed by atoms with Crippen LogP contribution in [0.15, 0.2) is 36.4 Å². The summed E-state index contributed by atoms with van der Waals surface area (Å²) in [5.41, 5.74) is 12.3. The van der Waals surface area contributed by atoms with Crippen molar-refractivity contribution in [3.8, 4) is 5.75 Å². The molecule has 0 aromatic heterocycles. The lowest BCUT2D eigenvalue weighted by Crippen LogP contribution is -2.13. The second-order valence-electron chi connectivity index (χ2n) is 4.14. The molecule has 0 aliphatic heterocycles. The van der Waals surface area contributed by atoms with Gasteiger partial charge in [-0.2, -0.15) is 0 Å². The molecule has 0 unspecified atom stereocenters. The molecular weight excluding hydrogens is 299 g/mol. The van der Waals surface area contributed by atoms with Gasteiger partial charge in [0.05, 0.1) is 5.56 Å². The van der Waals surface area contributed by atoms with Gasteiger partial charge in [-0.15, -0.1) is 0 Å². The molecule has 0 aliphatic carbocycles.